The molecule has 0 aliphatic heterocycles. The minimum absolute atomic E-state index is 0.188. The summed E-state index contributed by atoms with van der Waals surface area (Å²) in [6.07, 6.45) is 0. The Kier molecular flexibility index (Phi) is 5.67. The molecule has 0 aliphatic carbocycles. The van der Waals surface area contributed by atoms with Crippen LogP contribution in [-0.4, -0.2) is 10.5 Å². The molecule has 3 nitrogen and oxygen atoms in total. The number of nitrogens with zero attached hydrogens (tertiary/aromatic N) is 1. The lowest BCUT2D eigenvalue weighted by atomic mass is 10.1. The largest absolute Gasteiger partial charge is 0.345 e. The van der Waals surface area contributed by atoms with Crippen LogP contribution in [0.1, 0.15) is 34.6 Å². The van der Waals surface area contributed by atoms with Gasteiger partial charge in [0.15, 0.2) is 0 Å². The van der Waals surface area contributed by atoms with Crippen molar-refractivity contribution < 1.29 is 13.6 Å². The number of hydrogen-bond donors (Lipinski definition) is 1. The number of benzene rings is 3. The highest BCUT2D eigenvalue weighted by Gasteiger charge is 2.22. The average molecular weight is 416 g/mol. The molecule has 5 heteroatoms. The number of rotatable bonds is 5. The molecule has 0 aliphatic rings. The number of carbonyl (C=O) groups is 1. The second-order valence-corrected chi connectivity index (χ2v) is 7.43. The molecule has 0 bridgehead atoms. The Morgan fingerprint density at radius 2 is 1.55 bits per heavy atom. The SMILES string of the molecule is Cc1c(C(=O)NC(C)c2ccccc2)cc(-c2ccccc2)n1-c1ccc(F)cc1F. The molecule has 1 unspecified atom stereocenters. The molecule has 1 atom stereocenters. The highest BCUT2D eigenvalue weighted by atomic mass is 19.1. The molecule has 156 valence electrons. The zero-order valence-corrected chi connectivity index (χ0v) is 17.3. The standard InChI is InChI=1S/C26H22F2N2O/c1-17(19-9-5-3-6-10-19)29-26(31)22-16-25(20-11-7-4-8-12-20)30(18(22)2)24-14-13-21(27)15-23(24)28/h3-17H,1-2H3,(H,29,31). The maximum atomic E-state index is 14.7. The lowest BCUT2D eigenvalue weighted by molar-refractivity contribution is 0.0939. The molecule has 1 N–H and O–H groups in total. The van der Waals surface area contributed by atoms with Crippen LogP contribution in [0.3, 0.4) is 0 Å². The molecule has 1 amide bonds. The van der Waals surface area contributed by atoms with Crippen molar-refractivity contribution in [3.05, 3.63) is 113 Å². The summed E-state index contributed by atoms with van der Waals surface area (Å²) in [5, 5.41) is 3.01. The van der Waals surface area contributed by atoms with Crippen molar-refractivity contribution in [3.8, 4) is 16.9 Å². The van der Waals surface area contributed by atoms with Gasteiger partial charge in [-0.3, -0.25) is 4.79 Å². The quantitative estimate of drug-likeness (QED) is 0.412. The van der Waals surface area contributed by atoms with Crippen molar-refractivity contribution >= 4 is 5.91 Å². The van der Waals surface area contributed by atoms with Crippen molar-refractivity contribution in [2.24, 2.45) is 0 Å². The Morgan fingerprint density at radius 1 is 0.903 bits per heavy atom. The fourth-order valence-electron chi connectivity index (χ4n) is 3.73. The molecule has 0 fully saturated rings. The number of nitrogens with one attached hydrogen (secondary N) is 1. The zero-order valence-electron chi connectivity index (χ0n) is 17.3. The van der Waals surface area contributed by atoms with E-state index in [-0.39, 0.29) is 17.6 Å². The fraction of sp³-hybridized carbons (Fsp3) is 0.115. The second-order valence-electron chi connectivity index (χ2n) is 7.43. The first-order valence-electron chi connectivity index (χ1n) is 10.0. The normalized spacial score (nSPS) is 11.9. The van der Waals surface area contributed by atoms with Gasteiger partial charge in [0.05, 0.1) is 23.0 Å². The van der Waals surface area contributed by atoms with Crippen molar-refractivity contribution in [1.82, 2.24) is 9.88 Å². The minimum Gasteiger partial charge on any atom is -0.345 e. The third-order valence-electron chi connectivity index (χ3n) is 5.36. The van der Waals surface area contributed by atoms with Crippen LogP contribution in [0.15, 0.2) is 84.9 Å². The van der Waals surface area contributed by atoms with Gasteiger partial charge in [-0.25, -0.2) is 8.78 Å². The molecule has 1 heterocycles. The van der Waals surface area contributed by atoms with Crippen molar-refractivity contribution in [2.45, 2.75) is 19.9 Å². The number of amides is 1. The van der Waals surface area contributed by atoms with Crippen LogP contribution in [0.5, 0.6) is 0 Å². The number of halogens is 2. The molecular formula is C26H22F2N2O. The topological polar surface area (TPSA) is 34.0 Å². The summed E-state index contributed by atoms with van der Waals surface area (Å²) in [7, 11) is 0. The number of carbonyl (C=O) groups excluding carboxylic acids is 1. The van der Waals surface area contributed by atoms with Crippen LogP contribution in [0.25, 0.3) is 16.9 Å². The highest BCUT2D eigenvalue weighted by molar-refractivity contribution is 5.97. The van der Waals surface area contributed by atoms with Crippen molar-refractivity contribution in [1.29, 1.82) is 0 Å². The van der Waals surface area contributed by atoms with Crippen molar-refractivity contribution in [3.63, 3.8) is 0 Å². The van der Waals surface area contributed by atoms with E-state index in [4.69, 9.17) is 0 Å². The molecular weight excluding hydrogens is 394 g/mol. The summed E-state index contributed by atoms with van der Waals surface area (Å²) in [5.74, 6) is -1.60. The van der Waals surface area contributed by atoms with E-state index in [9.17, 15) is 13.6 Å². The molecule has 31 heavy (non-hydrogen) atoms. The van der Waals surface area contributed by atoms with Gasteiger partial charge in [-0.1, -0.05) is 60.7 Å². The van der Waals surface area contributed by atoms with Crippen LogP contribution < -0.4 is 5.32 Å². The van der Waals surface area contributed by atoms with Crippen LogP contribution in [0, 0.1) is 18.6 Å². The maximum Gasteiger partial charge on any atom is 0.253 e. The summed E-state index contributed by atoms with van der Waals surface area (Å²) < 4.78 is 29.9. The predicted octanol–water partition coefficient (Wildman–Crippen LogP) is 6.22. The summed E-state index contributed by atoms with van der Waals surface area (Å²) >= 11 is 0. The van der Waals surface area contributed by atoms with E-state index in [1.807, 2.05) is 67.6 Å². The Bertz CT molecular complexity index is 1220. The Balaban J connectivity index is 1.79. The van der Waals surface area contributed by atoms with Crippen LogP contribution in [0.2, 0.25) is 0 Å². The fourth-order valence-corrected chi connectivity index (χ4v) is 3.73. The first kappa shape index (κ1) is 20.5. The van der Waals surface area contributed by atoms with Crippen LogP contribution in [-0.2, 0) is 0 Å². The third-order valence-corrected chi connectivity index (χ3v) is 5.36. The molecule has 0 spiro atoms. The van der Waals surface area contributed by atoms with Gasteiger partial charge in [-0.15, -0.1) is 0 Å². The Morgan fingerprint density at radius 3 is 2.19 bits per heavy atom. The van der Waals surface area contributed by atoms with E-state index in [0.717, 1.165) is 17.2 Å². The van der Waals surface area contributed by atoms with Gasteiger partial charge in [-0.2, -0.15) is 0 Å². The molecule has 0 saturated heterocycles. The molecule has 0 saturated carbocycles. The van der Waals surface area contributed by atoms with Gasteiger partial charge in [0, 0.05) is 11.8 Å². The van der Waals surface area contributed by atoms with Gasteiger partial charge >= 0.3 is 0 Å². The summed E-state index contributed by atoms with van der Waals surface area (Å²) in [6.45, 7) is 3.68. The van der Waals surface area contributed by atoms with E-state index in [0.29, 0.717) is 17.0 Å². The molecule has 3 aromatic carbocycles. The predicted molar refractivity (Wildman–Crippen MR) is 118 cm³/mol. The van der Waals surface area contributed by atoms with E-state index in [2.05, 4.69) is 5.32 Å². The van der Waals surface area contributed by atoms with Gasteiger partial charge < -0.3 is 9.88 Å². The highest BCUT2D eigenvalue weighted by Crippen LogP contribution is 2.31. The number of hydrogen-bond acceptors (Lipinski definition) is 1. The molecule has 0 radical (unpaired) electrons. The molecule has 4 rings (SSSR count). The maximum absolute atomic E-state index is 14.7. The van der Waals surface area contributed by atoms with Gasteiger partial charge in [0.1, 0.15) is 11.6 Å². The molecule has 4 aromatic rings. The second kappa shape index (κ2) is 8.56. The first-order chi connectivity index (χ1) is 15.0. The van der Waals surface area contributed by atoms with Crippen molar-refractivity contribution in [2.75, 3.05) is 0 Å². The lowest BCUT2D eigenvalue weighted by Crippen LogP contribution is -2.27. The summed E-state index contributed by atoms with van der Waals surface area (Å²) in [6, 6.07) is 24.1. The summed E-state index contributed by atoms with van der Waals surface area (Å²) in [4.78, 5) is 13.1. The van der Waals surface area contributed by atoms with E-state index in [1.165, 1.54) is 12.1 Å². The van der Waals surface area contributed by atoms with E-state index < -0.39 is 11.6 Å². The van der Waals surface area contributed by atoms with E-state index in [1.54, 1.807) is 17.6 Å². The first-order valence-corrected chi connectivity index (χ1v) is 10.0. The zero-order chi connectivity index (χ0) is 22.0. The van der Waals surface area contributed by atoms with E-state index >= 15 is 0 Å². The monoisotopic (exact) mass is 416 g/mol. The van der Waals surface area contributed by atoms with Crippen LogP contribution >= 0.6 is 0 Å². The van der Waals surface area contributed by atoms with Gasteiger partial charge in [-0.05, 0) is 43.2 Å². The van der Waals surface area contributed by atoms with Crippen LogP contribution in [0.4, 0.5) is 8.78 Å². The van der Waals surface area contributed by atoms with Gasteiger partial charge in [0.2, 0.25) is 0 Å². The minimum atomic E-state index is -0.694. The lowest BCUT2D eigenvalue weighted by Gasteiger charge is -2.15. The Hall–Kier alpha value is -3.73. The Labute approximate surface area is 180 Å². The smallest absolute Gasteiger partial charge is 0.253 e. The summed E-state index contributed by atoms with van der Waals surface area (Å²) in [5.41, 5.74) is 3.66. The number of aromatic nitrogens is 1. The average Bonchev–Trinajstić information content (AvgIpc) is 3.12. The van der Waals surface area contributed by atoms with Gasteiger partial charge in [0.25, 0.3) is 5.91 Å². The molecule has 1 aromatic heterocycles. The third kappa shape index (κ3) is 4.12.